The van der Waals surface area contributed by atoms with Crippen molar-refractivity contribution in [3.05, 3.63) is 54.6 Å². The van der Waals surface area contributed by atoms with E-state index in [1.165, 1.54) is 5.56 Å². The topological polar surface area (TPSA) is 56.1 Å². The molecule has 1 aliphatic rings. The SMILES string of the molecule is N#CCNC(=O)C1CCCCN1c1cccc(-c2ccccc2)c1. The van der Waals surface area contributed by atoms with Crippen molar-refractivity contribution in [3.8, 4) is 17.2 Å². The number of carbonyl (C=O) groups excluding carboxylic acids is 1. The van der Waals surface area contributed by atoms with E-state index < -0.39 is 0 Å². The minimum absolute atomic E-state index is 0.0543. The molecule has 0 spiro atoms. The fourth-order valence-electron chi connectivity index (χ4n) is 3.25. The molecule has 0 radical (unpaired) electrons. The Bertz CT molecular complexity index is 736. The Hall–Kier alpha value is -2.80. The summed E-state index contributed by atoms with van der Waals surface area (Å²) in [7, 11) is 0. The van der Waals surface area contributed by atoms with E-state index in [1.54, 1.807) is 0 Å². The summed E-state index contributed by atoms with van der Waals surface area (Å²) in [6, 6.07) is 20.4. The lowest BCUT2D eigenvalue weighted by Gasteiger charge is -2.36. The van der Waals surface area contributed by atoms with Crippen molar-refractivity contribution < 1.29 is 4.79 Å². The number of hydrogen-bond acceptors (Lipinski definition) is 3. The minimum atomic E-state index is -0.196. The van der Waals surface area contributed by atoms with Crippen LogP contribution in [0.25, 0.3) is 11.1 Å². The second kappa shape index (κ2) is 7.65. The van der Waals surface area contributed by atoms with Gasteiger partial charge in [0, 0.05) is 12.2 Å². The Kier molecular flexibility index (Phi) is 5.12. The van der Waals surface area contributed by atoms with Crippen molar-refractivity contribution in [1.29, 1.82) is 5.26 Å². The molecule has 1 atom stereocenters. The van der Waals surface area contributed by atoms with Gasteiger partial charge in [0.1, 0.15) is 12.6 Å². The Morgan fingerprint density at radius 2 is 1.92 bits per heavy atom. The third-order valence-electron chi connectivity index (χ3n) is 4.43. The summed E-state index contributed by atoms with van der Waals surface area (Å²) < 4.78 is 0. The first kappa shape index (κ1) is 16.1. The molecule has 3 rings (SSSR count). The molecule has 1 N–H and O–H groups in total. The summed E-state index contributed by atoms with van der Waals surface area (Å²) in [5, 5.41) is 11.4. The molecule has 0 saturated carbocycles. The maximum atomic E-state index is 12.4. The number of anilines is 1. The summed E-state index contributed by atoms with van der Waals surface area (Å²) in [6.45, 7) is 0.927. The van der Waals surface area contributed by atoms with Crippen LogP contribution in [-0.2, 0) is 4.79 Å². The number of nitriles is 1. The smallest absolute Gasteiger partial charge is 0.243 e. The molecule has 0 aliphatic carbocycles. The van der Waals surface area contributed by atoms with Crippen LogP contribution < -0.4 is 10.2 Å². The second-order valence-electron chi connectivity index (χ2n) is 6.00. The molecule has 1 unspecified atom stereocenters. The molecule has 1 heterocycles. The number of piperidine rings is 1. The fraction of sp³-hybridized carbons (Fsp3) is 0.300. The van der Waals surface area contributed by atoms with Crippen molar-refractivity contribution in [2.75, 3.05) is 18.0 Å². The van der Waals surface area contributed by atoms with Gasteiger partial charge in [-0.15, -0.1) is 0 Å². The lowest BCUT2D eigenvalue weighted by atomic mass is 9.99. The van der Waals surface area contributed by atoms with Crippen LogP contribution in [0.5, 0.6) is 0 Å². The number of rotatable bonds is 4. The van der Waals surface area contributed by atoms with Gasteiger partial charge in [-0.1, -0.05) is 42.5 Å². The molecule has 1 fully saturated rings. The molecule has 2 aromatic carbocycles. The van der Waals surface area contributed by atoms with Crippen molar-refractivity contribution >= 4 is 11.6 Å². The molecular weight excluding hydrogens is 298 g/mol. The molecule has 1 amide bonds. The van der Waals surface area contributed by atoms with Crippen LogP contribution in [0.2, 0.25) is 0 Å². The van der Waals surface area contributed by atoms with Crippen molar-refractivity contribution in [1.82, 2.24) is 5.32 Å². The summed E-state index contributed by atoms with van der Waals surface area (Å²) >= 11 is 0. The highest BCUT2D eigenvalue weighted by molar-refractivity contribution is 5.86. The second-order valence-corrected chi connectivity index (χ2v) is 6.00. The van der Waals surface area contributed by atoms with Crippen LogP contribution in [0.15, 0.2) is 54.6 Å². The number of hydrogen-bond donors (Lipinski definition) is 1. The number of carbonyl (C=O) groups is 1. The maximum absolute atomic E-state index is 12.4. The first-order valence-corrected chi connectivity index (χ1v) is 8.36. The normalized spacial score (nSPS) is 17.1. The zero-order chi connectivity index (χ0) is 16.8. The number of nitrogens with one attached hydrogen (secondary N) is 1. The van der Waals surface area contributed by atoms with E-state index in [-0.39, 0.29) is 18.5 Å². The van der Waals surface area contributed by atoms with E-state index in [4.69, 9.17) is 5.26 Å². The van der Waals surface area contributed by atoms with E-state index in [9.17, 15) is 4.79 Å². The van der Waals surface area contributed by atoms with Crippen molar-refractivity contribution in [3.63, 3.8) is 0 Å². The number of nitrogens with zero attached hydrogens (tertiary/aromatic N) is 2. The van der Waals surface area contributed by atoms with Crippen LogP contribution in [0.4, 0.5) is 5.69 Å². The van der Waals surface area contributed by atoms with Gasteiger partial charge in [0.2, 0.25) is 5.91 Å². The monoisotopic (exact) mass is 319 g/mol. The van der Waals surface area contributed by atoms with E-state index in [0.29, 0.717) is 0 Å². The number of amides is 1. The molecule has 0 aromatic heterocycles. The van der Waals surface area contributed by atoms with Gasteiger partial charge >= 0.3 is 0 Å². The summed E-state index contributed by atoms with van der Waals surface area (Å²) in [6.07, 6.45) is 2.95. The predicted molar refractivity (Wildman–Crippen MR) is 95.5 cm³/mol. The summed E-state index contributed by atoms with van der Waals surface area (Å²) in [4.78, 5) is 14.6. The summed E-state index contributed by atoms with van der Waals surface area (Å²) in [5.41, 5.74) is 3.38. The maximum Gasteiger partial charge on any atom is 0.243 e. The van der Waals surface area contributed by atoms with Gasteiger partial charge in [-0.3, -0.25) is 4.79 Å². The average Bonchev–Trinajstić information content (AvgIpc) is 2.67. The van der Waals surface area contributed by atoms with Crippen LogP contribution >= 0.6 is 0 Å². The van der Waals surface area contributed by atoms with Crippen molar-refractivity contribution in [2.24, 2.45) is 0 Å². The molecule has 1 aliphatic heterocycles. The predicted octanol–water partition coefficient (Wildman–Crippen LogP) is 3.35. The lowest BCUT2D eigenvalue weighted by Crippen LogP contribution is -2.49. The minimum Gasteiger partial charge on any atom is -0.360 e. The molecule has 122 valence electrons. The van der Waals surface area contributed by atoms with Gasteiger partial charge < -0.3 is 10.2 Å². The van der Waals surface area contributed by atoms with Crippen LogP contribution in [0.1, 0.15) is 19.3 Å². The number of benzene rings is 2. The zero-order valence-corrected chi connectivity index (χ0v) is 13.6. The Morgan fingerprint density at radius 1 is 1.12 bits per heavy atom. The largest absolute Gasteiger partial charge is 0.360 e. The van der Waals surface area contributed by atoms with Gasteiger partial charge in [-0.25, -0.2) is 0 Å². The van der Waals surface area contributed by atoms with Crippen LogP contribution in [-0.4, -0.2) is 25.0 Å². The Morgan fingerprint density at radius 3 is 2.71 bits per heavy atom. The standard InChI is InChI=1S/C20H21N3O/c21-12-13-22-20(24)19-11-4-5-14-23(19)18-10-6-9-17(15-18)16-7-2-1-3-8-16/h1-3,6-10,15,19H,4-5,11,13-14H2,(H,22,24). The van der Waals surface area contributed by atoms with Crippen LogP contribution in [0, 0.1) is 11.3 Å². The van der Waals surface area contributed by atoms with E-state index >= 15 is 0 Å². The molecule has 0 bridgehead atoms. The van der Waals surface area contributed by atoms with Gasteiger partial charge in [0.05, 0.1) is 6.07 Å². The third kappa shape index (κ3) is 3.57. The molecule has 4 heteroatoms. The van der Waals surface area contributed by atoms with E-state index in [0.717, 1.165) is 37.1 Å². The van der Waals surface area contributed by atoms with Crippen LogP contribution in [0.3, 0.4) is 0 Å². The molecule has 2 aromatic rings. The van der Waals surface area contributed by atoms with Crippen molar-refractivity contribution in [2.45, 2.75) is 25.3 Å². The highest BCUT2D eigenvalue weighted by Crippen LogP contribution is 2.29. The first-order valence-electron chi connectivity index (χ1n) is 8.36. The van der Waals surface area contributed by atoms with E-state index in [1.807, 2.05) is 30.3 Å². The lowest BCUT2D eigenvalue weighted by molar-refractivity contribution is -0.122. The fourth-order valence-corrected chi connectivity index (χ4v) is 3.25. The summed E-state index contributed by atoms with van der Waals surface area (Å²) in [5.74, 6) is -0.0543. The molecular formula is C20H21N3O. The third-order valence-corrected chi connectivity index (χ3v) is 4.43. The van der Waals surface area contributed by atoms with Gasteiger partial charge in [-0.2, -0.15) is 5.26 Å². The zero-order valence-electron chi connectivity index (χ0n) is 13.6. The molecule has 4 nitrogen and oxygen atoms in total. The quantitative estimate of drug-likeness (QED) is 0.879. The van der Waals surface area contributed by atoms with Gasteiger partial charge in [-0.05, 0) is 42.5 Å². The first-order chi connectivity index (χ1) is 11.8. The Labute approximate surface area is 142 Å². The average molecular weight is 319 g/mol. The Balaban J connectivity index is 1.86. The van der Waals surface area contributed by atoms with Gasteiger partial charge in [0.25, 0.3) is 0 Å². The van der Waals surface area contributed by atoms with E-state index in [2.05, 4.69) is 40.5 Å². The van der Waals surface area contributed by atoms with Gasteiger partial charge in [0.15, 0.2) is 0 Å². The molecule has 1 saturated heterocycles. The highest BCUT2D eigenvalue weighted by atomic mass is 16.2. The molecule has 24 heavy (non-hydrogen) atoms. The highest BCUT2D eigenvalue weighted by Gasteiger charge is 2.28.